The van der Waals surface area contributed by atoms with Crippen LogP contribution in [0.15, 0.2) is 72.8 Å². The van der Waals surface area contributed by atoms with E-state index >= 15 is 0 Å². The van der Waals surface area contributed by atoms with Crippen LogP contribution >= 0.6 is 28.3 Å². The van der Waals surface area contributed by atoms with Crippen LogP contribution < -0.4 is 27.4 Å². The molecule has 0 aliphatic carbocycles. The zero-order chi connectivity index (χ0) is 61.8. The van der Waals surface area contributed by atoms with Crippen molar-refractivity contribution in [3.63, 3.8) is 0 Å². The second kappa shape index (κ2) is 33.1. The number of anilines is 1. The molecule has 4 saturated heterocycles. The molecule has 6 aliphatic heterocycles. The number of rotatable bonds is 8. The van der Waals surface area contributed by atoms with Gasteiger partial charge in [-0.1, -0.05) is 15.9 Å². The Bertz CT molecular complexity index is 3230. The molecule has 0 spiro atoms. The van der Waals surface area contributed by atoms with Gasteiger partial charge in [-0.2, -0.15) is 0 Å². The zero-order valence-electron chi connectivity index (χ0n) is 45.4. The quantitative estimate of drug-likeness (QED) is 0.0319. The third-order valence-corrected chi connectivity index (χ3v) is 13.6. The number of hydrogen-bond acceptors (Lipinski definition) is 20. The van der Waals surface area contributed by atoms with E-state index in [1.54, 1.807) is 42.4 Å². The molecule has 0 radical (unpaired) electrons. The van der Waals surface area contributed by atoms with Gasteiger partial charge in [-0.25, -0.2) is 0 Å². The van der Waals surface area contributed by atoms with Gasteiger partial charge >= 0.3 is 21.4 Å². The van der Waals surface area contributed by atoms with Crippen molar-refractivity contribution in [2.24, 2.45) is 5.73 Å². The van der Waals surface area contributed by atoms with Crippen molar-refractivity contribution in [1.82, 2.24) is 25.8 Å². The number of carbonyl (C=O) groups is 10. The van der Waals surface area contributed by atoms with Gasteiger partial charge in [-0.3, -0.25) is 94.2 Å². The van der Waals surface area contributed by atoms with Crippen LogP contribution in [-0.2, 0) is 69.2 Å². The Hall–Kier alpha value is -8.35. The molecule has 0 aromatic heterocycles. The average molecular weight is 1290 g/mol. The molecule has 0 saturated carbocycles. The number of hydrogen-bond donors (Lipinski definition) is 6. The molecule has 28 nitrogen and oxygen atoms in total. The molecule has 8 N–H and O–H groups in total. The first-order valence-corrected chi connectivity index (χ1v) is 27.1. The number of carbonyl (C=O) groups excluding carboxylic acids is 10. The number of nitro benzene ring substituents is 3. The number of piperidine rings is 3. The van der Waals surface area contributed by atoms with Crippen LogP contribution in [-0.4, -0.2) is 115 Å². The van der Waals surface area contributed by atoms with Gasteiger partial charge in [0.1, 0.15) is 12.1 Å². The Morgan fingerprint density at radius 1 is 0.631 bits per heavy atom. The topological polar surface area (TPSA) is 428 Å². The van der Waals surface area contributed by atoms with Crippen LogP contribution in [0.5, 0.6) is 0 Å². The molecule has 6 aliphatic rings. The molecule has 4 aromatic carbocycles. The minimum atomic E-state index is -0.707. The van der Waals surface area contributed by atoms with Crippen molar-refractivity contribution in [2.75, 3.05) is 18.9 Å². The van der Waals surface area contributed by atoms with Gasteiger partial charge in [-0.15, -0.1) is 12.4 Å². The molecule has 8 amide bonds. The molecule has 3 atom stereocenters. The van der Waals surface area contributed by atoms with Crippen LogP contribution in [0, 0.1) is 41.5 Å². The van der Waals surface area contributed by atoms with E-state index in [9.17, 15) is 78.3 Å². The van der Waals surface area contributed by atoms with E-state index in [4.69, 9.17) is 20.4 Å². The van der Waals surface area contributed by atoms with Crippen molar-refractivity contribution < 1.29 is 84.7 Å². The summed E-state index contributed by atoms with van der Waals surface area (Å²) in [4.78, 5) is 146. The van der Waals surface area contributed by atoms with Gasteiger partial charge in [0.2, 0.25) is 35.4 Å². The fraction of sp³-hybridized carbons (Fsp3) is 0.358. The van der Waals surface area contributed by atoms with Gasteiger partial charge < -0.3 is 26.0 Å². The number of benzene rings is 4. The molecular weight excluding hydrogens is 1230 g/mol. The second-order valence-corrected chi connectivity index (χ2v) is 19.4. The molecule has 4 fully saturated rings. The van der Waals surface area contributed by atoms with Crippen LogP contribution in [0.1, 0.15) is 129 Å². The third kappa shape index (κ3) is 19.4. The number of Topliss-reactive ketones (excluding diaryl/α,β-unsaturated/α-hetero) is 2. The number of alkyl halides is 1. The molecule has 3 unspecified atom stereocenters. The molecule has 0 bridgehead atoms. The number of non-ortho nitro benzene ring substituents is 3. The number of nitrogens with zero attached hydrogens (tertiary/aromatic N) is 5. The summed E-state index contributed by atoms with van der Waals surface area (Å²) in [5.74, 6) is -2.79. The molecular formula is C53H59BrClN11O17V. The second-order valence-electron chi connectivity index (χ2n) is 18.8. The van der Waals surface area contributed by atoms with Gasteiger partial charge in [0.15, 0.2) is 11.6 Å². The predicted octanol–water partition coefficient (Wildman–Crippen LogP) is 5.45. The fourth-order valence-electron chi connectivity index (χ4n) is 8.79. The number of nitro groups is 3. The number of nitrogens with one attached hydrogen (secondary N) is 4. The molecule has 31 heteroatoms. The molecule has 10 rings (SSSR count). The van der Waals surface area contributed by atoms with Gasteiger partial charge in [0.05, 0.1) is 20.8 Å². The van der Waals surface area contributed by atoms with Gasteiger partial charge in [0.25, 0.3) is 28.9 Å². The van der Waals surface area contributed by atoms with Gasteiger partial charge in [0, 0.05) is 115 Å². The number of ether oxygens (including phenoxy) is 1. The summed E-state index contributed by atoms with van der Waals surface area (Å²) >= 11 is 4.75. The average Bonchev–Trinajstić information content (AvgIpc) is 4.10. The number of ketones is 2. The summed E-state index contributed by atoms with van der Waals surface area (Å²) in [6.07, 6.45) is 4.49. The third-order valence-electron chi connectivity index (χ3n) is 13.0. The maximum absolute atomic E-state index is 12.3. The number of nitrogens with two attached hydrogens (primary N) is 2. The van der Waals surface area contributed by atoms with E-state index < -0.39 is 44.7 Å². The normalized spacial score (nSPS) is 18.0. The SMILES string of the molecule is C1CCOC1.CC(=O)c1ccc([N+](=O)[O-])cc1C.CC(=O)c1ccc([N+](=O)[O-])cc1CBr.Cl.NC1CCC(=O)NC1=O.Nc1ccc2c(c1)CN(C1CCC(=O)NC1=O)C2=O.O=C1CCC(N2Cc3cc([N+](=O)[O-])ccc3C2=O)C(=O)N1.[NH]=[V]. The van der Waals surface area contributed by atoms with Crippen LogP contribution in [0.4, 0.5) is 22.7 Å². The Morgan fingerprint density at radius 3 is 1.43 bits per heavy atom. The number of fused-ring (bicyclic) bond motifs is 2. The Kier molecular flexibility index (Phi) is 27.5. The summed E-state index contributed by atoms with van der Waals surface area (Å²) in [6.45, 7) is 7.07. The summed E-state index contributed by atoms with van der Waals surface area (Å²) in [5.41, 5.74) is 16.1. The summed E-state index contributed by atoms with van der Waals surface area (Å²) < 4.78 is 10.6. The van der Waals surface area contributed by atoms with E-state index in [2.05, 4.69) is 31.9 Å². The molecule has 4 aromatic rings. The fourth-order valence-corrected chi connectivity index (χ4v) is 9.26. The number of aryl methyl sites for hydroxylation is 1. The molecule has 84 heavy (non-hydrogen) atoms. The zero-order valence-corrected chi connectivity index (χ0v) is 49.2. The number of amides is 8. The maximum atomic E-state index is 12.3. The van der Waals surface area contributed by atoms with E-state index in [1.165, 1.54) is 91.1 Å². The predicted molar refractivity (Wildman–Crippen MR) is 300 cm³/mol. The van der Waals surface area contributed by atoms with Crippen molar-refractivity contribution in [2.45, 2.75) is 109 Å². The van der Waals surface area contributed by atoms with Crippen LogP contribution in [0.3, 0.4) is 0 Å². The summed E-state index contributed by atoms with van der Waals surface area (Å²) in [6, 6.07) is 15.8. The number of halogens is 2. The molecule has 447 valence electrons. The van der Waals surface area contributed by atoms with Crippen molar-refractivity contribution in [3.05, 3.63) is 148 Å². The van der Waals surface area contributed by atoms with E-state index in [0.29, 0.717) is 75.8 Å². The van der Waals surface area contributed by atoms with Crippen molar-refractivity contribution >= 4 is 110 Å². The van der Waals surface area contributed by atoms with Crippen molar-refractivity contribution in [1.29, 1.82) is 4.21 Å². The monoisotopic (exact) mass is 1290 g/mol. The first-order valence-electron chi connectivity index (χ1n) is 25.3. The van der Waals surface area contributed by atoms with E-state index in [0.717, 1.165) is 18.8 Å². The number of nitrogen functional groups attached to an aromatic ring is 1. The Balaban J connectivity index is 0.000000272. The molecule has 6 heterocycles. The van der Waals surface area contributed by atoms with E-state index in [1.807, 2.05) is 0 Å². The van der Waals surface area contributed by atoms with Gasteiger partial charge in [-0.05, 0) is 112 Å². The Morgan fingerprint density at radius 2 is 1.04 bits per heavy atom. The van der Waals surface area contributed by atoms with Crippen LogP contribution in [0.2, 0.25) is 0 Å². The Labute approximate surface area is 503 Å². The standard InChI is InChI=1S/C13H11N3O5.C13H13N3O3.C9H8BrNO3.C9H9NO3.C5H8N2O2.C4H8O.ClH.HN.V/c17-11-4-3-10(12(18)14-11)15-6-7-5-8(16(20)21)1-2-9(7)13(15)19;14-8-1-2-9-7(5-8)6-16(13(9)19)10-3-4-11(17)15-12(10)18;1-6(12)9-3-2-8(11(13)14)4-7(9)5-10;1-6-5-8(10(12)13)3-4-9(6)7(2)11;6-3-1-2-4(8)7-5(3)9;1-2-4-5-3-1;;;/h1-2,5,10H,3-4,6H2,(H,14,17,18);1-2,5,10H,3-4,6,14H2,(H,15,17,18);2-4H,5H2,1H3;3-5H,1-2H3;3H,1-2,6H2,(H,7,8,9);1-4H2;2*1H;. The van der Waals surface area contributed by atoms with Crippen LogP contribution in [0.25, 0.3) is 0 Å². The summed E-state index contributed by atoms with van der Waals surface area (Å²) in [7, 11) is 0. The number of imide groups is 3. The van der Waals surface area contributed by atoms with E-state index in [-0.39, 0.29) is 102 Å². The first-order chi connectivity index (χ1) is 39.3. The van der Waals surface area contributed by atoms with Crippen molar-refractivity contribution in [3.8, 4) is 0 Å². The summed E-state index contributed by atoms with van der Waals surface area (Å²) in [5, 5.41) is 38.6. The minimum absolute atomic E-state index is 0. The first kappa shape index (κ1) is 69.9.